The lowest BCUT2D eigenvalue weighted by Crippen LogP contribution is -1.87. The summed E-state index contributed by atoms with van der Waals surface area (Å²) in [5.41, 5.74) is 10.8. The zero-order valence-electron chi connectivity index (χ0n) is 9.01. The smallest absolute Gasteiger partial charge is 0.0317 e. The fraction of sp³-hybridized carbons (Fsp3) is 0.286. The zero-order chi connectivity index (χ0) is 10.7. The molecule has 1 aromatic carbocycles. The molecule has 0 heterocycles. The molecule has 0 fully saturated rings. The molecule has 76 valence electrons. The Hall–Kier alpha value is -1.68. The van der Waals surface area contributed by atoms with E-state index < -0.39 is 0 Å². The number of benzene rings is 1. The first-order valence-corrected chi connectivity index (χ1v) is 5.28. The first-order valence-electron chi connectivity index (χ1n) is 5.28. The van der Waals surface area contributed by atoms with E-state index in [1.54, 1.807) is 0 Å². The third kappa shape index (κ3) is 2.05. The molecule has 1 aliphatic carbocycles. The Labute approximate surface area is 91.0 Å². The molecule has 0 bridgehead atoms. The third-order valence-corrected chi connectivity index (χ3v) is 2.77. The van der Waals surface area contributed by atoms with Gasteiger partial charge in [-0.05, 0) is 48.6 Å². The summed E-state index contributed by atoms with van der Waals surface area (Å²) in [7, 11) is 0. The van der Waals surface area contributed by atoms with Gasteiger partial charge in [0.25, 0.3) is 0 Å². The molecule has 0 saturated heterocycles. The lowest BCUT2D eigenvalue weighted by molar-refractivity contribution is 1.08. The molecule has 2 N–H and O–H groups in total. The number of rotatable bonds is 1. The van der Waals surface area contributed by atoms with Crippen LogP contribution in [0.25, 0.3) is 5.57 Å². The second-order valence-electron chi connectivity index (χ2n) is 3.78. The third-order valence-electron chi connectivity index (χ3n) is 2.77. The van der Waals surface area contributed by atoms with Crippen molar-refractivity contribution in [1.29, 1.82) is 0 Å². The number of fused-ring (bicyclic) bond motifs is 1. The van der Waals surface area contributed by atoms with Gasteiger partial charge in [-0.15, -0.1) is 5.92 Å². The van der Waals surface area contributed by atoms with Crippen LogP contribution in [0.4, 0.5) is 5.69 Å². The number of aryl methyl sites for hydroxylation is 1. The molecule has 15 heavy (non-hydrogen) atoms. The molecule has 0 radical (unpaired) electrons. The van der Waals surface area contributed by atoms with Crippen molar-refractivity contribution in [2.24, 2.45) is 0 Å². The van der Waals surface area contributed by atoms with E-state index in [1.807, 2.05) is 13.0 Å². The average Bonchev–Trinajstić information content (AvgIpc) is 2.61. The normalized spacial score (nSPS) is 15.9. The highest BCUT2D eigenvalue weighted by Gasteiger charge is 2.15. The topological polar surface area (TPSA) is 26.0 Å². The second kappa shape index (κ2) is 4.23. The summed E-state index contributed by atoms with van der Waals surface area (Å²) in [6.45, 7) is 1.88. The van der Waals surface area contributed by atoms with E-state index in [0.29, 0.717) is 0 Å². The van der Waals surface area contributed by atoms with Crippen LogP contribution in [0, 0.1) is 11.8 Å². The second-order valence-corrected chi connectivity index (χ2v) is 3.78. The predicted molar refractivity (Wildman–Crippen MR) is 65.2 cm³/mol. The SMILES string of the molecule is CC#CC/C=C1/CCc2cc(N)ccc21. The Bertz CT molecular complexity index is 458. The van der Waals surface area contributed by atoms with E-state index in [9.17, 15) is 0 Å². The molecule has 1 aromatic rings. The zero-order valence-corrected chi connectivity index (χ0v) is 9.01. The van der Waals surface area contributed by atoms with Gasteiger partial charge < -0.3 is 5.73 Å². The molecule has 0 aromatic heterocycles. The fourth-order valence-electron chi connectivity index (χ4n) is 2.03. The van der Waals surface area contributed by atoms with Crippen LogP contribution in [-0.4, -0.2) is 0 Å². The minimum absolute atomic E-state index is 0.857. The van der Waals surface area contributed by atoms with Crippen molar-refractivity contribution in [1.82, 2.24) is 0 Å². The van der Waals surface area contributed by atoms with Crippen LogP contribution in [0.2, 0.25) is 0 Å². The van der Waals surface area contributed by atoms with Gasteiger partial charge in [-0.25, -0.2) is 0 Å². The van der Waals surface area contributed by atoms with Crippen LogP contribution in [0.15, 0.2) is 24.3 Å². The molecule has 0 atom stereocenters. The van der Waals surface area contributed by atoms with Crippen LogP contribution in [-0.2, 0) is 6.42 Å². The van der Waals surface area contributed by atoms with Crippen molar-refractivity contribution in [2.45, 2.75) is 26.2 Å². The van der Waals surface area contributed by atoms with Gasteiger partial charge in [-0.2, -0.15) is 0 Å². The predicted octanol–water partition coefficient (Wildman–Crippen LogP) is 3.01. The van der Waals surface area contributed by atoms with Gasteiger partial charge in [-0.3, -0.25) is 0 Å². The summed E-state index contributed by atoms with van der Waals surface area (Å²) < 4.78 is 0. The van der Waals surface area contributed by atoms with E-state index in [0.717, 1.165) is 24.9 Å². The van der Waals surface area contributed by atoms with Gasteiger partial charge in [0.05, 0.1) is 0 Å². The summed E-state index contributed by atoms with van der Waals surface area (Å²) in [4.78, 5) is 0. The van der Waals surface area contributed by atoms with Crippen molar-refractivity contribution in [3.05, 3.63) is 35.4 Å². The Morgan fingerprint density at radius 3 is 3.07 bits per heavy atom. The lowest BCUT2D eigenvalue weighted by Gasteiger charge is -2.01. The maximum atomic E-state index is 5.76. The number of nitrogen functional groups attached to an aromatic ring is 1. The fourth-order valence-corrected chi connectivity index (χ4v) is 2.03. The van der Waals surface area contributed by atoms with Crippen LogP contribution >= 0.6 is 0 Å². The number of nitrogens with two attached hydrogens (primary N) is 1. The van der Waals surface area contributed by atoms with Gasteiger partial charge in [0, 0.05) is 12.1 Å². The number of allylic oxidation sites excluding steroid dienone is 2. The molecule has 0 spiro atoms. The molecule has 2 rings (SSSR count). The van der Waals surface area contributed by atoms with Crippen molar-refractivity contribution < 1.29 is 0 Å². The first-order chi connectivity index (χ1) is 7.31. The number of hydrogen-bond acceptors (Lipinski definition) is 1. The minimum atomic E-state index is 0.857. The van der Waals surface area contributed by atoms with Crippen LogP contribution in [0.1, 0.15) is 30.9 Å². The van der Waals surface area contributed by atoms with E-state index in [4.69, 9.17) is 5.73 Å². The van der Waals surface area contributed by atoms with Gasteiger partial charge in [0.15, 0.2) is 0 Å². The Kier molecular flexibility index (Phi) is 2.78. The van der Waals surface area contributed by atoms with Crippen molar-refractivity contribution in [3.8, 4) is 11.8 Å². The van der Waals surface area contributed by atoms with Gasteiger partial charge in [0.2, 0.25) is 0 Å². The molecule has 0 aliphatic heterocycles. The largest absolute Gasteiger partial charge is 0.399 e. The van der Waals surface area contributed by atoms with Crippen LogP contribution in [0.5, 0.6) is 0 Å². The molecule has 0 unspecified atom stereocenters. The highest BCUT2D eigenvalue weighted by atomic mass is 14.5. The van der Waals surface area contributed by atoms with Crippen molar-refractivity contribution >= 4 is 11.3 Å². The van der Waals surface area contributed by atoms with Crippen LogP contribution in [0.3, 0.4) is 0 Å². The van der Waals surface area contributed by atoms with E-state index in [-0.39, 0.29) is 0 Å². The maximum absolute atomic E-state index is 5.76. The highest BCUT2D eigenvalue weighted by Crippen LogP contribution is 2.33. The van der Waals surface area contributed by atoms with Gasteiger partial charge >= 0.3 is 0 Å². The molecule has 0 amide bonds. The van der Waals surface area contributed by atoms with Gasteiger partial charge in [0.1, 0.15) is 0 Å². The summed E-state index contributed by atoms with van der Waals surface area (Å²) >= 11 is 0. The molecule has 0 saturated carbocycles. The number of hydrogen-bond donors (Lipinski definition) is 1. The lowest BCUT2D eigenvalue weighted by atomic mass is 10.1. The van der Waals surface area contributed by atoms with E-state index >= 15 is 0 Å². The Morgan fingerprint density at radius 1 is 1.40 bits per heavy atom. The molecule has 1 heteroatoms. The molecule has 1 nitrogen and oxygen atoms in total. The van der Waals surface area contributed by atoms with Crippen molar-refractivity contribution in [2.75, 3.05) is 5.73 Å². The molecular weight excluding hydrogens is 182 g/mol. The summed E-state index contributed by atoms with van der Waals surface area (Å²) in [5.74, 6) is 5.98. The summed E-state index contributed by atoms with van der Waals surface area (Å²) in [5, 5.41) is 0. The summed E-state index contributed by atoms with van der Waals surface area (Å²) in [6, 6.07) is 6.19. The Balaban J connectivity index is 2.27. The van der Waals surface area contributed by atoms with Gasteiger partial charge in [-0.1, -0.05) is 18.1 Å². The molecular formula is C14H15N. The number of anilines is 1. The average molecular weight is 197 g/mol. The summed E-state index contributed by atoms with van der Waals surface area (Å²) in [6.07, 6.45) is 5.34. The van der Waals surface area contributed by atoms with E-state index in [2.05, 4.69) is 30.0 Å². The highest BCUT2D eigenvalue weighted by molar-refractivity contribution is 5.74. The quantitative estimate of drug-likeness (QED) is 0.543. The minimum Gasteiger partial charge on any atom is -0.399 e. The molecule has 1 aliphatic rings. The van der Waals surface area contributed by atoms with Crippen LogP contribution < -0.4 is 5.73 Å². The monoisotopic (exact) mass is 197 g/mol. The first kappa shape index (κ1) is 9.86. The Morgan fingerprint density at radius 2 is 2.27 bits per heavy atom. The standard InChI is InChI=1S/C14H15N/c1-2-3-4-5-11-6-7-12-10-13(15)8-9-14(11)12/h5,8-10H,4,6-7,15H2,1H3/b11-5-. The maximum Gasteiger partial charge on any atom is 0.0317 e. The van der Waals surface area contributed by atoms with E-state index in [1.165, 1.54) is 16.7 Å². The van der Waals surface area contributed by atoms with Crippen molar-refractivity contribution in [3.63, 3.8) is 0 Å².